The molecule has 2 aromatic rings. The number of rotatable bonds is 3. The number of hydrogen-bond donors (Lipinski definition) is 1. The van der Waals surface area contributed by atoms with Gasteiger partial charge in [-0.2, -0.15) is 5.10 Å². The summed E-state index contributed by atoms with van der Waals surface area (Å²) in [6.45, 7) is 0.405. The average Bonchev–Trinajstić information content (AvgIpc) is 2.71. The highest BCUT2D eigenvalue weighted by Gasteiger charge is 2.11. The SMILES string of the molecule is OC(Cn1cncn1)c1ccccc1Br. The molecule has 1 aromatic carbocycles. The van der Waals surface area contributed by atoms with Crippen LogP contribution in [0, 0.1) is 0 Å². The van der Waals surface area contributed by atoms with Gasteiger partial charge in [0.2, 0.25) is 0 Å². The van der Waals surface area contributed by atoms with Crippen molar-refractivity contribution < 1.29 is 5.11 Å². The van der Waals surface area contributed by atoms with Gasteiger partial charge in [0.05, 0.1) is 12.6 Å². The second-order valence-corrected chi connectivity index (χ2v) is 4.01. The lowest BCUT2D eigenvalue weighted by molar-refractivity contribution is 0.150. The maximum atomic E-state index is 9.95. The van der Waals surface area contributed by atoms with Gasteiger partial charge in [0.1, 0.15) is 12.7 Å². The minimum atomic E-state index is -0.581. The van der Waals surface area contributed by atoms with Crippen LogP contribution in [0.3, 0.4) is 0 Å². The maximum Gasteiger partial charge on any atom is 0.137 e. The van der Waals surface area contributed by atoms with Crippen molar-refractivity contribution in [2.75, 3.05) is 0 Å². The van der Waals surface area contributed by atoms with Crippen LogP contribution in [0.25, 0.3) is 0 Å². The van der Waals surface area contributed by atoms with Gasteiger partial charge in [-0.1, -0.05) is 34.1 Å². The minimum absolute atomic E-state index is 0.405. The number of aliphatic hydroxyl groups is 1. The van der Waals surface area contributed by atoms with E-state index >= 15 is 0 Å². The fraction of sp³-hybridized carbons (Fsp3) is 0.200. The molecule has 0 fully saturated rings. The summed E-state index contributed by atoms with van der Waals surface area (Å²) in [6.07, 6.45) is 2.45. The first-order valence-electron chi connectivity index (χ1n) is 4.52. The summed E-state index contributed by atoms with van der Waals surface area (Å²) in [5.74, 6) is 0. The molecule has 4 nitrogen and oxygen atoms in total. The fourth-order valence-electron chi connectivity index (χ4n) is 1.35. The van der Waals surface area contributed by atoms with Gasteiger partial charge in [-0.3, -0.25) is 4.68 Å². The highest BCUT2D eigenvalue weighted by atomic mass is 79.9. The van der Waals surface area contributed by atoms with Crippen LogP contribution in [0.5, 0.6) is 0 Å². The van der Waals surface area contributed by atoms with Crippen molar-refractivity contribution in [3.63, 3.8) is 0 Å². The topological polar surface area (TPSA) is 50.9 Å². The number of aliphatic hydroxyl groups excluding tert-OH is 1. The molecule has 1 unspecified atom stereocenters. The Labute approximate surface area is 95.7 Å². The quantitative estimate of drug-likeness (QED) is 0.923. The molecule has 0 amide bonds. The smallest absolute Gasteiger partial charge is 0.137 e. The molecule has 2 rings (SSSR count). The Morgan fingerprint density at radius 3 is 2.87 bits per heavy atom. The Kier molecular flexibility index (Phi) is 3.13. The van der Waals surface area contributed by atoms with Crippen molar-refractivity contribution in [2.24, 2.45) is 0 Å². The van der Waals surface area contributed by atoms with Crippen LogP contribution < -0.4 is 0 Å². The van der Waals surface area contributed by atoms with E-state index in [1.807, 2.05) is 24.3 Å². The summed E-state index contributed by atoms with van der Waals surface area (Å²) < 4.78 is 2.50. The molecule has 78 valence electrons. The third-order valence-electron chi connectivity index (χ3n) is 2.09. The van der Waals surface area contributed by atoms with Gasteiger partial charge in [-0.15, -0.1) is 0 Å². The monoisotopic (exact) mass is 267 g/mol. The molecule has 5 heteroatoms. The molecule has 0 spiro atoms. The van der Waals surface area contributed by atoms with Crippen molar-refractivity contribution >= 4 is 15.9 Å². The Hall–Kier alpha value is -1.20. The molecule has 0 radical (unpaired) electrons. The Morgan fingerprint density at radius 2 is 2.20 bits per heavy atom. The first-order chi connectivity index (χ1) is 7.27. The number of hydrogen-bond acceptors (Lipinski definition) is 3. The van der Waals surface area contributed by atoms with Gasteiger partial charge >= 0.3 is 0 Å². The van der Waals surface area contributed by atoms with Gasteiger partial charge < -0.3 is 5.11 Å². The summed E-state index contributed by atoms with van der Waals surface area (Å²) in [6, 6.07) is 7.59. The molecule has 0 saturated heterocycles. The molecule has 0 aliphatic rings. The molecule has 0 bridgehead atoms. The van der Waals surface area contributed by atoms with Crippen LogP contribution in [0.4, 0.5) is 0 Å². The molecular weight excluding hydrogens is 258 g/mol. The van der Waals surface area contributed by atoms with Crippen LogP contribution in [0.1, 0.15) is 11.7 Å². The largest absolute Gasteiger partial charge is 0.386 e. The molecule has 1 aromatic heterocycles. The zero-order chi connectivity index (χ0) is 10.7. The third-order valence-corrected chi connectivity index (χ3v) is 2.81. The number of nitrogens with zero attached hydrogens (tertiary/aromatic N) is 3. The van der Waals surface area contributed by atoms with Crippen LogP contribution >= 0.6 is 15.9 Å². The lowest BCUT2D eigenvalue weighted by Crippen LogP contribution is -2.09. The Balaban J connectivity index is 2.15. The normalized spacial score (nSPS) is 12.7. The number of aromatic nitrogens is 3. The van der Waals surface area contributed by atoms with Crippen LogP contribution in [-0.2, 0) is 6.54 Å². The summed E-state index contributed by atoms with van der Waals surface area (Å²) in [5, 5.41) is 13.9. The van der Waals surface area contributed by atoms with Crippen LogP contribution in [0.2, 0.25) is 0 Å². The van der Waals surface area contributed by atoms with Gasteiger partial charge in [-0.25, -0.2) is 4.98 Å². The van der Waals surface area contributed by atoms with E-state index < -0.39 is 6.10 Å². The van der Waals surface area contributed by atoms with Gasteiger partial charge in [0.25, 0.3) is 0 Å². The summed E-state index contributed by atoms with van der Waals surface area (Å²) in [7, 11) is 0. The van der Waals surface area contributed by atoms with E-state index in [-0.39, 0.29) is 0 Å². The van der Waals surface area contributed by atoms with E-state index in [4.69, 9.17) is 0 Å². The molecule has 1 atom stereocenters. The van der Waals surface area contributed by atoms with Crippen LogP contribution in [-0.4, -0.2) is 19.9 Å². The first-order valence-corrected chi connectivity index (χ1v) is 5.31. The molecular formula is C10H10BrN3O. The lowest BCUT2D eigenvalue weighted by atomic mass is 10.1. The number of benzene rings is 1. The second kappa shape index (κ2) is 4.55. The lowest BCUT2D eigenvalue weighted by Gasteiger charge is -2.12. The molecule has 1 heterocycles. The zero-order valence-corrected chi connectivity index (χ0v) is 9.50. The Morgan fingerprint density at radius 1 is 1.40 bits per heavy atom. The van der Waals surface area contributed by atoms with E-state index in [2.05, 4.69) is 26.0 Å². The predicted octanol–water partition coefficient (Wildman–Crippen LogP) is 1.77. The molecule has 0 aliphatic carbocycles. The van der Waals surface area contributed by atoms with Gasteiger partial charge in [0, 0.05) is 4.47 Å². The molecule has 0 saturated carbocycles. The van der Waals surface area contributed by atoms with Crippen molar-refractivity contribution in [1.82, 2.24) is 14.8 Å². The standard InChI is InChI=1S/C10H10BrN3O/c11-9-4-2-1-3-8(9)10(15)5-14-7-12-6-13-14/h1-4,6-7,10,15H,5H2. The van der Waals surface area contributed by atoms with Crippen LogP contribution in [0.15, 0.2) is 41.4 Å². The number of halogens is 1. The van der Waals surface area contributed by atoms with E-state index in [9.17, 15) is 5.11 Å². The van der Waals surface area contributed by atoms with Crippen molar-refractivity contribution in [1.29, 1.82) is 0 Å². The summed E-state index contributed by atoms with van der Waals surface area (Å²) in [4.78, 5) is 3.82. The summed E-state index contributed by atoms with van der Waals surface area (Å²) in [5.41, 5.74) is 0.855. The first kappa shape index (κ1) is 10.3. The third kappa shape index (κ3) is 2.43. The molecule has 15 heavy (non-hydrogen) atoms. The predicted molar refractivity (Wildman–Crippen MR) is 59.1 cm³/mol. The highest BCUT2D eigenvalue weighted by molar-refractivity contribution is 9.10. The average molecular weight is 268 g/mol. The maximum absolute atomic E-state index is 9.95. The van der Waals surface area contributed by atoms with E-state index in [1.54, 1.807) is 11.0 Å². The van der Waals surface area contributed by atoms with E-state index in [0.717, 1.165) is 10.0 Å². The zero-order valence-electron chi connectivity index (χ0n) is 7.92. The van der Waals surface area contributed by atoms with E-state index in [1.165, 1.54) is 6.33 Å². The van der Waals surface area contributed by atoms with Gasteiger partial charge in [-0.05, 0) is 11.6 Å². The summed E-state index contributed by atoms with van der Waals surface area (Å²) >= 11 is 3.40. The minimum Gasteiger partial charge on any atom is -0.386 e. The van der Waals surface area contributed by atoms with Gasteiger partial charge in [0.15, 0.2) is 0 Å². The van der Waals surface area contributed by atoms with E-state index in [0.29, 0.717) is 6.54 Å². The fourth-order valence-corrected chi connectivity index (χ4v) is 1.90. The van der Waals surface area contributed by atoms with Crippen molar-refractivity contribution in [3.8, 4) is 0 Å². The molecule has 0 aliphatic heterocycles. The van der Waals surface area contributed by atoms with Crippen molar-refractivity contribution in [3.05, 3.63) is 47.0 Å². The molecule has 1 N–H and O–H groups in total. The Bertz CT molecular complexity index is 430. The second-order valence-electron chi connectivity index (χ2n) is 3.15. The van der Waals surface area contributed by atoms with Crippen molar-refractivity contribution in [2.45, 2.75) is 12.6 Å². The highest BCUT2D eigenvalue weighted by Crippen LogP contribution is 2.23.